The van der Waals surface area contributed by atoms with Crippen molar-refractivity contribution >= 4 is 16.9 Å². The van der Waals surface area contributed by atoms with Crippen LogP contribution in [0.3, 0.4) is 0 Å². The average Bonchev–Trinajstić information content (AvgIpc) is 2.64. The summed E-state index contributed by atoms with van der Waals surface area (Å²) in [6.45, 7) is 1.36. The molecule has 0 saturated carbocycles. The minimum atomic E-state index is -0.344. The van der Waals surface area contributed by atoms with Crippen LogP contribution in [0.1, 0.15) is 6.92 Å². The first-order valence-corrected chi connectivity index (χ1v) is 5.26. The van der Waals surface area contributed by atoms with E-state index in [1.165, 1.54) is 6.92 Å². The van der Waals surface area contributed by atoms with E-state index < -0.39 is 0 Å². The predicted molar refractivity (Wildman–Crippen MR) is 67.1 cm³/mol. The number of benzene rings is 1. The number of carbonyl (C=O) groups is 1. The fourth-order valence-corrected chi connectivity index (χ4v) is 1.20. The first kappa shape index (κ1) is 13.3. The van der Waals surface area contributed by atoms with Crippen LogP contribution in [0.15, 0.2) is 34.9 Å². The zero-order chi connectivity index (χ0) is 12.8. The van der Waals surface area contributed by atoms with Crippen molar-refractivity contribution < 1.29 is 13.9 Å². The van der Waals surface area contributed by atoms with Gasteiger partial charge in [-0.3, -0.25) is 4.79 Å². The maximum atomic E-state index is 10.7. The van der Waals surface area contributed by atoms with Crippen molar-refractivity contribution in [2.24, 2.45) is 0 Å². The molecule has 0 atom stereocenters. The number of hydrogen-bond acceptors (Lipinski definition) is 4. The van der Waals surface area contributed by atoms with E-state index in [1.54, 1.807) is 12.3 Å². The Morgan fingerprint density at radius 2 is 1.88 bits per heavy atom. The molecule has 0 radical (unpaired) electrons. The lowest BCUT2D eigenvalue weighted by molar-refractivity contribution is -0.131. The summed E-state index contributed by atoms with van der Waals surface area (Å²) in [7, 11) is 6.00. The molecule has 0 N–H and O–H groups in total. The summed E-state index contributed by atoms with van der Waals surface area (Å²) in [5, 5.41) is 0.929. The van der Waals surface area contributed by atoms with E-state index in [9.17, 15) is 4.79 Å². The fraction of sp³-hybridized carbons (Fsp3) is 0.308. The van der Waals surface area contributed by atoms with E-state index in [0.717, 1.165) is 5.39 Å². The topological polar surface area (TPSA) is 42.7 Å². The second-order valence-corrected chi connectivity index (χ2v) is 4.03. The maximum absolute atomic E-state index is 10.7. The van der Waals surface area contributed by atoms with Gasteiger partial charge >= 0.3 is 5.97 Å². The zero-order valence-electron chi connectivity index (χ0n) is 10.6. The highest BCUT2D eigenvalue weighted by atomic mass is 16.5. The van der Waals surface area contributed by atoms with Crippen LogP contribution in [0.5, 0.6) is 5.75 Å². The highest BCUT2D eigenvalue weighted by Gasteiger charge is 2.06. The molecule has 1 aromatic carbocycles. The van der Waals surface area contributed by atoms with Gasteiger partial charge in [-0.15, -0.1) is 0 Å². The van der Waals surface area contributed by atoms with Crippen molar-refractivity contribution in [1.82, 2.24) is 4.90 Å². The van der Waals surface area contributed by atoms with Crippen LogP contribution in [0.2, 0.25) is 0 Å². The lowest BCUT2D eigenvalue weighted by atomic mass is 10.2. The minimum Gasteiger partial charge on any atom is -0.460 e. The van der Waals surface area contributed by atoms with Gasteiger partial charge in [0, 0.05) is 12.3 Å². The first-order valence-electron chi connectivity index (χ1n) is 5.26. The Morgan fingerprint density at radius 3 is 2.47 bits per heavy atom. The second-order valence-electron chi connectivity index (χ2n) is 4.03. The molecule has 0 spiro atoms. The normalized spacial score (nSPS) is 9.94. The summed E-state index contributed by atoms with van der Waals surface area (Å²) in [5.41, 5.74) is 0.609. The summed E-state index contributed by atoms with van der Waals surface area (Å²) < 4.78 is 10.1. The third-order valence-corrected chi connectivity index (χ3v) is 1.70. The van der Waals surface area contributed by atoms with Crippen LogP contribution in [0, 0.1) is 0 Å². The molecule has 2 aromatic rings. The number of para-hydroxylation sites is 1. The number of hydrogen-bond donors (Lipinski definition) is 0. The summed E-state index contributed by atoms with van der Waals surface area (Å²) in [6.07, 6.45) is 1.57. The highest BCUT2D eigenvalue weighted by Crippen LogP contribution is 2.26. The Labute approximate surface area is 101 Å². The minimum absolute atomic E-state index is 0.344. The van der Waals surface area contributed by atoms with Gasteiger partial charge in [0.15, 0.2) is 11.3 Å². The van der Waals surface area contributed by atoms with E-state index in [-0.39, 0.29) is 5.97 Å². The first-order chi connectivity index (χ1) is 8.00. The molecule has 4 nitrogen and oxygen atoms in total. The molecule has 1 aromatic heterocycles. The van der Waals surface area contributed by atoms with Gasteiger partial charge in [-0.1, -0.05) is 12.1 Å². The third-order valence-electron chi connectivity index (χ3n) is 1.70. The van der Waals surface area contributed by atoms with Crippen LogP contribution >= 0.6 is 0 Å². The molecule has 17 heavy (non-hydrogen) atoms. The molecule has 0 aliphatic rings. The molecule has 0 saturated heterocycles. The Hall–Kier alpha value is -1.81. The number of carbonyl (C=O) groups excluding carboxylic acids is 1. The number of ether oxygens (including phenoxy) is 1. The van der Waals surface area contributed by atoms with Crippen molar-refractivity contribution in [3.63, 3.8) is 0 Å². The van der Waals surface area contributed by atoms with Gasteiger partial charge in [0.25, 0.3) is 0 Å². The molecule has 1 heterocycles. The Balaban J connectivity index is 0.000000317. The molecular weight excluding hydrogens is 218 g/mol. The molecular formula is C13H17NO3. The van der Waals surface area contributed by atoms with Crippen LogP contribution in [-0.4, -0.2) is 32.0 Å². The van der Waals surface area contributed by atoms with Crippen LogP contribution < -0.4 is 4.74 Å². The molecule has 0 unspecified atom stereocenters. The quantitative estimate of drug-likeness (QED) is 0.562. The fourth-order valence-electron chi connectivity index (χ4n) is 1.20. The van der Waals surface area contributed by atoms with Crippen molar-refractivity contribution in [3.8, 4) is 5.75 Å². The van der Waals surface area contributed by atoms with E-state index in [2.05, 4.69) is 0 Å². The van der Waals surface area contributed by atoms with Crippen molar-refractivity contribution in [2.75, 3.05) is 21.1 Å². The molecule has 0 bridgehead atoms. The van der Waals surface area contributed by atoms with Gasteiger partial charge in [-0.2, -0.15) is 0 Å². The van der Waals surface area contributed by atoms with Crippen molar-refractivity contribution in [3.05, 3.63) is 30.5 Å². The smallest absolute Gasteiger partial charge is 0.308 e. The monoisotopic (exact) mass is 235 g/mol. The second kappa shape index (κ2) is 6.06. The molecule has 2 rings (SSSR count). The van der Waals surface area contributed by atoms with Gasteiger partial charge in [0.2, 0.25) is 0 Å². The molecule has 4 heteroatoms. The number of fused-ring (bicyclic) bond motifs is 1. The van der Waals surface area contributed by atoms with E-state index in [4.69, 9.17) is 9.15 Å². The lowest BCUT2D eigenvalue weighted by Gasteiger charge is -2.00. The van der Waals surface area contributed by atoms with E-state index >= 15 is 0 Å². The van der Waals surface area contributed by atoms with E-state index in [1.807, 2.05) is 44.2 Å². The largest absolute Gasteiger partial charge is 0.460 e. The summed E-state index contributed by atoms with van der Waals surface area (Å²) in [4.78, 5) is 12.7. The third kappa shape index (κ3) is 4.28. The van der Waals surface area contributed by atoms with E-state index in [0.29, 0.717) is 11.3 Å². The average molecular weight is 235 g/mol. The number of esters is 1. The van der Waals surface area contributed by atoms with Gasteiger partial charge < -0.3 is 14.1 Å². The maximum Gasteiger partial charge on any atom is 0.308 e. The van der Waals surface area contributed by atoms with Crippen LogP contribution in [0.4, 0.5) is 0 Å². The molecule has 0 aliphatic heterocycles. The van der Waals surface area contributed by atoms with Crippen molar-refractivity contribution in [1.29, 1.82) is 0 Å². The number of nitrogens with zero attached hydrogens (tertiary/aromatic N) is 1. The van der Waals surface area contributed by atoms with Gasteiger partial charge in [-0.25, -0.2) is 0 Å². The SMILES string of the molecule is CC(=O)Oc1cccc2ccoc12.CN(C)C. The van der Waals surface area contributed by atoms with Gasteiger partial charge in [0.05, 0.1) is 6.26 Å². The Kier molecular flexibility index (Phi) is 4.72. The van der Waals surface area contributed by atoms with Crippen molar-refractivity contribution in [2.45, 2.75) is 6.92 Å². The summed E-state index contributed by atoms with van der Waals surface area (Å²) in [5.74, 6) is 0.124. The molecule has 0 aliphatic carbocycles. The number of furan rings is 1. The van der Waals surface area contributed by atoms with Gasteiger partial charge in [-0.05, 0) is 33.3 Å². The molecule has 0 amide bonds. The summed E-state index contributed by atoms with van der Waals surface area (Å²) in [6, 6.07) is 7.23. The van der Waals surface area contributed by atoms with Crippen LogP contribution in [0.25, 0.3) is 11.0 Å². The standard InChI is InChI=1S/C10H8O3.C3H9N/c1-7(11)13-9-4-2-3-8-5-6-12-10(8)9;1-4(2)3/h2-6H,1H3;1-3H3. The van der Waals surface area contributed by atoms with Gasteiger partial charge in [0.1, 0.15) is 0 Å². The lowest BCUT2D eigenvalue weighted by Crippen LogP contribution is -2.01. The number of rotatable bonds is 1. The Morgan fingerprint density at radius 1 is 1.24 bits per heavy atom. The molecule has 92 valence electrons. The summed E-state index contributed by atoms with van der Waals surface area (Å²) >= 11 is 0. The molecule has 0 fully saturated rings. The van der Waals surface area contributed by atoms with Crippen LogP contribution in [-0.2, 0) is 4.79 Å². The zero-order valence-corrected chi connectivity index (χ0v) is 10.6. The predicted octanol–water partition coefficient (Wildman–Crippen LogP) is 2.54. The Bertz CT molecular complexity index is 485. The highest BCUT2D eigenvalue weighted by molar-refractivity contribution is 5.85.